The third-order valence-electron chi connectivity index (χ3n) is 5.73. The lowest BCUT2D eigenvalue weighted by Gasteiger charge is -2.28. The van der Waals surface area contributed by atoms with Gasteiger partial charge in [-0.2, -0.15) is 5.10 Å². The minimum absolute atomic E-state index is 0.224. The molecule has 8 nitrogen and oxygen atoms in total. The van der Waals surface area contributed by atoms with Gasteiger partial charge in [0.2, 0.25) is 0 Å². The zero-order chi connectivity index (χ0) is 22.1. The van der Waals surface area contributed by atoms with Crippen LogP contribution in [0.1, 0.15) is 28.0 Å². The number of carbonyl (C=O) groups is 1. The number of fused-ring (bicyclic) bond motifs is 1. The number of rotatable bonds is 5. The van der Waals surface area contributed by atoms with Crippen molar-refractivity contribution in [1.82, 2.24) is 25.1 Å². The van der Waals surface area contributed by atoms with Gasteiger partial charge in [-0.15, -0.1) is 11.3 Å². The van der Waals surface area contributed by atoms with Crippen LogP contribution in [0.15, 0.2) is 47.4 Å². The van der Waals surface area contributed by atoms with Gasteiger partial charge in [0.15, 0.2) is 0 Å². The molecule has 0 bridgehead atoms. The number of hydrogen-bond donors (Lipinski definition) is 2. The van der Waals surface area contributed by atoms with Crippen molar-refractivity contribution < 1.29 is 14.6 Å². The Morgan fingerprint density at radius 1 is 1.34 bits per heavy atom. The molecule has 2 N–H and O–H groups in total. The fraction of sp³-hybridized carbons (Fsp3) is 0.304. The van der Waals surface area contributed by atoms with Crippen LogP contribution in [-0.2, 0) is 18.2 Å². The molecule has 1 aromatic carbocycles. The Labute approximate surface area is 188 Å². The summed E-state index contributed by atoms with van der Waals surface area (Å²) in [5.74, 6) is -0.304. The van der Waals surface area contributed by atoms with Crippen molar-refractivity contribution in [2.75, 3.05) is 13.2 Å². The summed E-state index contributed by atoms with van der Waals surface area (Å²) >= 11 is 1.57. The standard InChI is InChI=1S/C23H23N5O3S/c1-28-22-16(8-14-2-4-15(5-3-14)20-12-32-13-24-20)9-18(26-19(22)10-25-28)23(30)27-17-6-7-31-11-21(17)29/h2-5,9-10,12-13,17,21,29H,6-8,11H2,1H3,(H,27,30)/t17-,21-/m0/s1. The SMILES string of the molecule is Cn1ncc2nc(C(=O)N[C@H]3CCOC[C@@H]3O)cc(Cc3ccc(-c4cscn4)cc3)c21. The van der Waals surface area contributed by atoms with Gasteiger partial charge in [-0.1, -0.05) is 24.3 Å². The first-order valence-electron chi connectivity index (χ1n) is 10.4. The van der Waals surface area contributed by atoms with Gasteiger partial charge < -0.3 is 15.2 Å². The normalized spacial score (nSPS) is 18.7. The van der Waals surface area contributed by atoms with E-state index in [0.29, 0.717) is 30.7 Å². The van der Waals surface area contributed by atoms with E-state index in [-0.39, 0.29) is 18.6 Å². The van der Waals surface area contributed by atoms with Crippen LogP contribution < -0.4 is 5.32 Å². The lowest BCUT2D eigenvalue weighted by molar-refractivity contribution is -0.0261. The van der Waals surface area contributed by atoms with Crippen molar-refractivity contribution in [1.29, 1.82) is 0 Å². The van der Waals surface area contributed by atoms with Gasteiger partial charge in [-0.25, -0.2) is 9.97 Å². The summed E-state index contributed by atoms with van der Waals surface area (Å²) in [6.45, 7) is 0.737. The highest BCUT2D eigenvalue weighted by Gasteiger charge is 2.26. The molecule has 0 unspecified atom stereocenters. The fourth-order valence-corrected chi connectivity index (χ4v) is 4.59. The van der Waals surface area contributed by atoms with Gasteiger partial charge in [0.25, 0.3) is 5.91 Å². The Morgan fingerprint density at radius 3 is 2.94 bits per heavy atom. The molecule has 0 saturated carbocycles. The first-order valence-corrected chi connectivity index (χ1v) is 11.4. The van der Waals surface area contributed by atoms with E-state index in [1.54, 1.807) is 22.2 Å². The second kappa shape index (κ2) is 8.78. The minimum atomic E-state index is -0.717. The summed E-state index contributed by atoms with van der Waals surface area (Å²) in [6, 6.07) is 9.76. The Morgan fingerprint density at radius 2 is 2.19 bits per heavy atom. The first kappa shape index (κ1) is 20.7. The van der Waals surface area contributed by atoms with Crippen molar-refractivity contribution in [2.45, 2.75) is 25.0 Å². The van der Waals surface area contributed by atoms with E-state index < -0.39 is 6.10 Å². The third kappa shape index (κ3) is 4.14. The summed E-state index contributed by atoms with van der Waals surface area (Å²) in [4.78, 5) is 21.8. The summed E-state index contributed by atoms with van der Waals surface area (Å²) < 4.78 is 7.03. The van der Waals surface area contributed by atoms with Crippen LogP contribution in [-0.4, -0.2) is 56.1 Å². The Balaban J connectivity index is 1.43. The Bertz CT molecular complexity index is 1240. The molecule has 9 heteroatoms. The van der Waals surface area contributed by atoms with Gasteiger partial charge in [-0.3, -0.25) is 9.48 Å². The van der Waals surface area contributed by atoms with Gasteiger partial charge in [0.05, 0.1) is 41.7 Å². The van der Waals surface area contributed by atoms with Crippen LogP contribution in [0.3, 0.4) is 0 Å². The molecule has 1 fully saturated rings. The number of aliphatic hydroxyl groups excluding tert-OH is 1. The highest BCUT2D eigenvalue weighted by Crippen LogP contribution is 2.24. The lowest BCUT2D eigenvalue weighted by Crippen LogP contribution is -2.48. The van der Waals surface area contributed by atoms with E-state index >= 15 is 0 Å². The number of carbonyl (C=O) groups excluding carboxylic acids is 1. The topological polar surface area (TPSA) is 102 Å². The van der Waals surface area contributed by atoms with E-state index in [4.69, 9.17) is 4.74 Å². The van der Waals surface area contributed by atoms with Crippen molar-refractivity contribution in [2.24, 2.45) is 7.05 Å². The summed E-state index contributed by atoms with van der Waals surface area (Å²) in [7, 11) is 1.87. The molecule has 4 aromatic rings. The third-order valence-corrected chi connectivity index (χ3v) is 6.31. The second-order valence-electron chi connectivity index (χ2n) is 7.93. The van der Waals surface area contributed by atoms with Gasteiger partial charge in [0.1, 0.15) is 11.2 Å². The molecule has 2 atom stereocenters. The van der Waals surface area contributed by atoms with Gasteiger partial charge >= 0.3 is 0 Å². The number of hydrogen-bond acceptors (Lipinski definition) is 7. The molecule has 3 aromatic heterocycles. The van der Waals surface area contributed by atoms with Crippen molar-refractivity contribution in [3.8, 4) is 11.3 Å². The van der Waals surface area contributed by atoms with Crippen LogP contribution in [0.5, 0.6) is 0 Å². The zero-order valence-electron chi connectivity index (χ0n) is 17.6. The lowest BCUT2D eigenvalue weighted by atomic mass is 10.0. The number of ether oxygens (including phenoxy) is 1. The number of amides is 1. The highest BCUT2D eigenvalue weighted by atomic mass is 32.1. The van der Waals surface area contributed by atoms with Crippen molar-refractivity contribution in [3.05, 3.63) is 64.2 Å². The smallest absolute Gasteiger partial charge is 0.270 e. The predicted octanol–water partition coefficient (Wildman–Crippen LogP) is 2.56. The highest BCUT2D eigenvalue weighted by molar-refractivity contribution is 7.07. The maximum Gasteiger partial charge on any atom is 0.270 e. The molecule has 0 aliphatic carbocycles. The molecular weight excluding hydrogens is 426 g/mol. The van der Waals surface area contributed by atoms with E-state index in [1.807, 2.05) is 24.0 Å². The number of nitrogens with zero attached hydrogens (tertiary/aromatic N) is 4. The average Bonchev–Trinajstić information content (AvgIpc) is 3.46. The zero-order valence-corrected chi connectivity index (χ0v) is 18.4. The maximum absolute atomic E-state index is 12.9. The average molecular weight is 450 g/mol. The molecule has 4 heterocycles. The fourth-order valence-electron chi connectivity index (χ4n) is 4.03. The summed E-state index contributed by atoms with van der Waals surface area (Å²) in [6.07, 6.45) is 2.16. The van der Waals surface area contributed by atoms with Crippen LogP contribution in [0, 0.1) is 0 Å². The molecular formula is C23H23N5O3S. The number of benzene rings is 1. The van der Waals surface area contributed by atoms with Crippen molar-refractivity contribution in [3.63, 3.8) is 0 Å². The largest absolute Gasteiger partial charge is 0.389 e. The van der Waals surface area contributed by atoms with E-state index in [9.17, 15) is 9.90 Å². The predicted molar refractivity (Wildman–Crippen MR) is 122 cm³/mol. The van der Waals surface area contributed by atoms with Crippen LogP contribution >= 0.6 is 11.3 Å². The summed E-state index contributed by atoms with van der Waals surface area (Å²) in [5.41, 5.74) is 7.83. The number of aryl methyl sites for hydroxylation is 1. The monoisotopic (exact) mass is 449 g/mol. The Kier molecular flexibility index (Phi) is 5.69. The molecule has 1 saturated heterocycles. The molecule has 1 amide bonds. The van der Waals surface area contributed by atoms with Gasteiger partial charge in [-0.05, 0) is 30.0 Å². The van der Waals surface area contributed by atoms with Crippen LogP contribution in [0.2, 0.25) is 0 Å². The molecule has 0 radical (unpaired) electrons. The second-order valence-corrected chi connectivity index (χ2v) is 8.65. The Hall–Kier alpha value is -3.14. The van der Waals surface area contributed by atoms with Crippen LogP contribution in [0.4, 0.5) is 0 Å². The van der Waals surface area contributed by atoms with E-state index in [0.717, 1.165) is 27.9 Å². The molecule has 1 aliphatic rings. The van der Waals surface area contributed by atoms with E-state index in [2.05, 4.69) is 44.6 Å². The first-order chi connectivity index (χ1) is 15.6. The molecule has 32 heavy (non-hydrogen) atoms. The molecule has 1 aliphatic heterocycles. The summed E-state index contributed by atoms with van der Waals surface area (Å²) in [5, 5.41) is 19.4. The van der Waals surface area contributed by atoms with Crippen molar-refractivity contribution >= 4 is 28.3 Å². The minimum Gasteiger partial charge on any atom is -0.389 e. The number of aromatic nitrogens is 4. The van der Waals surface area contributed by atoms with E-state index in [1.165, 1.54) is 0 Å². The van der Waals surface area contributed by atoms with Crippen LogP contribution in [0.25, 0.3) is 22.3 Å². The number of nitrogens with one attached hydrogen (secondary N) is 1. The number of aliphatic hydroxyl groups is 1. The van der Waals surface area contributed by atoms with Gasteiger partial charge in [0, 0.05) is 24.6 Å². The molecule has 164 valence electrons. The maximum atomic E-state index is 12.9. The number of pyridine rings is 1. The molecule has 5 rings (SSSR count). The molecule has 0 spiro atoms. The quantitative estimate of drug-likeness (QED) is 0.486. The number of thiazole rings is 1.